The topological polar surface area (TPSA) is 45.1 Å². The highest BCUT2D eigenvalue weighted by atomic mass is 32.2. The summed E-state index contributed by atoms with van der Waals surface area (Å²) in [6.07, 6.45) is 5.13. The van der Waals surface area contributed by atoms with Gasteiger partial charge in [0.1, 0.15) is 4.34 Å². The van der Waals surface area contributed by atoms with Crippen LogP contribution in [0.2, 0.25) is 0 Å². The molecule has 16 heavy (non-hydrogen) atoms. The molecule has 5 heteroatoms. The molecule has 0 spiro atoms. The maximum absolute atomic E-state index is 9.51. The molecule has 1 fully saturated rings. The zero-order valence-electron chi connectivity index (χ0n) is 9.48. The molecule has 0 radical (unpaired) electrons. The summed E-state index contributed by atoms with van der Waals surface area (Å²) in [5.74, 6) is 0. The second kappa shape index (κ2) is 5.49. The van der Waals surface area contributed by atoms with E-state index in [2.05, 4.69) is 17.2 Å². The molecular formula is C11H18N2OS2. The Balaban J connectivity index is 1.91. The van der Waals surface area contributed by atoms with Crippen LogP contribution in [0.25, 0.3) is 0 Å². The lowest BCUT2D eigenvalue weighted by Gasteiger charge is -2.27. The average molecular weight is 258 g/mol. The minimum absolute atomic E-state index is 0.0380. The number of aliphatic hydroxyl groups excluding tert-OH is 1. The van der Waals surface area contributed by atoms with E-state index in [0.717, 1.165) is 30.1 Å². The van der Waals surface area contributed by atoms with Crippen molar-refractivity contribution in [3.05, 3.63) is 11.6 Å². The van der Waals surface area contributed by atoms with E-state index in [4.69, 9.17) is 0 Å². The number of hydrogen-bond acceptors (Lipinski definition) is 5. The molecule has 0 amide bonds. The van der Waals surface area contributed by atoms with Gasteiger partial charge in [0, 0.05) is 22.4 Å². The Bertz CT molecular complexity index is 318. The van der Waals surface area contributed by atoms with Crippen LogP contribution in [0.4, 0.5) is 0 Å². The summed E-state index contributed by atoms with van der Waals surface area (Å²) in [6, 6.07) is 0. The van der Waals surface area contributed by atoms with Crippen LogP contribution in [0.5, 0.6) is 0 Å². The zero-order valence-corrected chi connectivity index (χ0v) is 11.1. The van der Waals surface area contributed by atoms with Gasteiger partial charge in [-0.2, -0.15) is 0 Å². The largest absolute Gasteiger partial charge is 0.394 e. The number of aliphatic hydroxyl groups is 1. The Morgan fingerprint density at radius 2 is 2.62 bits per heavy atom. The van der Waals surface area contributed by atoms with Gasteiger partial charge in [-0.25, -0.2) is 4.98 Å². The predicted octanol–water partition coefficient (Wildman–Crippen LogP) is 2.13. The van der Waals surface area contributed by atoms with E-state index in [1.165, 1.54) is 0 Å². The highest BCUT2D eigenvalue weighted by Gasteiger charge is 2.38. The molecule has 0 aromatic carbocycles. The minimum Gasteiger partial charge on any atom is -0.394 e. The van der Waals surface area contributed by atoms with E-state index >= 15 is 0 Å². The standard InChI is InChI=1S/C11H18N2OS2/c1-2-13-11(8-14)4-3-9(7-11)16-10-12-5-6-15-10/h5-6,9,13-14H,2-4,7-8H2,1H3. The van der Waals surface area contributed by atoms with Crippen molar-refractivity contribution in [1.29, 1.82) is 0 Å². The molecular weight excluding hydrogens is 240 g/mol. The lowest BCUT2D eigenvalue weighted by molar-refractivity contribution is 0.167. The summed E-state index contributed by atoms with van der Waals surface area (Å²) >= 11 is 3.56. The first kappa shape index (κ1) is 12.4. The van der Waals surface area contributed by atoms with Crippen molar-refractivity contribution in [3.63, 3.8) is 0 Å². The van der Waals surface area contributed by atoms with Crippen LogP contribution in [-0.2, 0) is 0 Å². The van der Waals surface area contributed by atoms with Crippen LogP contribution in [0.1, 0.15) is 26.2 Å². The molecule has 3 nitrogen and oxygen atoms in total. The summed E-state index contributed by atoms with van der Waals surface area (Å²) in [4.78, 5) is 4.30. The first-order valence-corrected chi connectivity index (χ1v) is 7.46. The normalized spacial score (nSPS) is 29.8. The van der Waals surface area contributed by atoms with E-state index in [0.29, 0.717) is 5.25 Å². The fraction of sp³-hybridized carbons (Fsp3) is 0.727. The number of aromatic nitrogens is 1. The molecule has 2 N–H and O–H groups in total. The number of hydrogen-bond donors (Lipinski definition) is 2. The second-order valence-corrected chi connectivity index (χ2v) is 6.69. The monoisotopic (exact) mass is 258 g/mol. The summed E-state index contributed by atoms with van der Waals surface area (Å²) in [6.45, 7) is 3.27. The van der Waals surface area contributed by atoms with Crippen LogP contribution < -0.4 is 5.32 Å². The Labute approximate surface area is 105 Å². The van der Waals surface area contributed by atoms with Gasteiger partial charge >= 0.3 is 0 Å². The van der Waals surface area contributed by atoms with E-state index in [1.54, 1.807) is 11.3 Å². The summed E-state index contributed by atoms with van der Waals surface area (Å²) in [5.41, 5.74) is -0.0380. The molecule has 1 aromatic heterocycles. The van der Waals surface area contributed by atoms with Gasteiger partial charge in [0.2, 0.25) is 0 Å². The van der Waals surface area contributed by atoms with Crippen molar-refractivity contribution in [2.75, 3.05) is 13.2 Å². The fourth-order valence-electron chi connectivity index (χ4n) is 2.32. The van der Waals surface area contributed by atoms with Crippen molar-refractivity contribution >= 4 is 23.1 Å². The second-order valence-electron chi connectivity index (χ2n) is 4.25. The Kier molecular flexibility index (Phi) is 4.24. The van der Waals surface area contributed by atoms with Gasteiger partial charge in [0.15, 0.2) is 0 Å². The Hall–Kier alpha value is -0.100. The highest BCUT2D eigenvalue weighted by Crippen LogP contribution is 2.40. The van der Waals surface area contributed by atoms with Crippen molar-refractivity contribution in [2.24, 2.45) is 0 Å². The van der Waals surface area contributed by atoms with Gasteiger partial charge < -0.3 is 10.4 Å². The molecule has 0 aliphatic heterocycles. The van der Waals surface area contributed by atoms with Crippen molar-refractivity contribution < 1.29 is 5.11 Å². The van der Waals surface area contributed by atoms with Crippen molar-refractivity contribution in [2.45, 2.75) is 41.3 Å². The van der Waals surface area contributed by atoms with Gasteiger partial charge in [-0.3, -0.25) is 0 Å². The predicted molar refractivity (Wildman–Crippen MR) is 69.1 cm³/mol. The van der Waals surface area contributed by atoms with Crippen molar-refractivity contribution in [1.82, 2.24) is 10.3 Å². The number of thiazole rings is 1. The van der Waals surface area contributed by atoms with E-state index in [1.807, 2.05) is 23.3 Å². The number of thioether (sulfide) groups is 1. The smallest absolute Gasteiger partial charge is 0.150 e. The molecule has 0 bridgehead atoms. The Morgan fingerprint density at radius 3 is 3.25 bits per heavy atom. The number of nitrogens with zero attached hydrogens (tertiary/aromatic N) is 1. The lowest BCUT2D eigenvalue weighted by Crippen LogP contribution is -2.46. The quantitative estimate of drug-likeness (QED) is 0.849. The van der Waals surface area contributed by atoms with Crippen LogP contribution >= 0.6 is 23.1 Å². The highest BCUT2D eigenvalue weighted by molar-refractivity contribution is 8.01. The first-order valence-electron chi connectivity index (χ1n) is 5.70. The number of likely N-dealkylation sites (N-methyl/N-ethyl adjacent to an activating group) is 1. The summed E-state index contributed by atoms with van der Waals surface area (Å²) < 4.78 is 1.15. The third kappa shape index (κ3) is 2.77. The van der Waals surface area contributed by atoms with Gasteiger partial charge in [-0.15, -0.1) is 11.3 Å². The number of rotatable bonds is 5. The number of nitrogens with one attached hydrogen (secondary N) is 1. The van der Waals surface area contributed by atoms with Gasteiger partial charge in [-0.05, 0) is 25.8 Å². The first-order chi connectivity index (χ1) is 7.78. The summed E-state index contributed by atoms with van der Waals surface area (Å²) in [7, 11) is 0. The molecule has 2 rings (SSSR count). The van der Waals surface area contributed by atoms with Crippen LogP contribution in [0.15, 0.2) is 15.9 Å². The maximum atomic E-state index is 9.51. The van der Waals surface area contributed by atoms with Crippen LogP contribution in [-0.4, -0.2) is 34.0 Å². The van der Waals surface area contributed by atoms with Gasteiger partial charge in [-0.1, -0.05) is 18.7 Å². The Morgan fingerprint density at radius 1 is 1.75 bits per heavy atom. The minimum atomic E-state index is -0.0380. The SMILES string of the molecule is CCNC1(CO)CCC(Sc2nccs2)C1. The molecule has 0 saturated heterocycles. The molecule has 1 heterocycles. The van der Waals surface area contributed by atoms with Crippen LogP contribution in [0, 0.1) is 0 Å². The molecule has 1 saturated carbocycles. The molecule has 2 atom stereocenters. The third-order valence-corrected chi connectivity index (χ3v) is 5.28. The molecule has 1 aromatic rings. The fourth-order valence-corrected chi connectivity index (χ4v) is 4.53. The summed E-state index contributed by atoms with van der Waals surface area (Å²) in [5, 5.41) is 15.6. The molecule has 1 aliphatic carbocycles. The molecule has 90 valence electrons. The zero-order chi connectivity index (χ0) is 11.4. The van der Waals surface area contributed by atoms with E-state index < -0.39 is 0 Å². The van der Waals surface area contributed by atoms with Gasteiger partial charge in [0.05, 0.1) is 6.61 Å². The lowest BCUT2D eigenvalue weighted by atomic mass is 9.99. The van der Waals surface area contributed by atoms with Gasteiger partial charge in [0.25, 0.3) is 0 Å². The van der Waals surface area contributed by atoms with E-state index in [9.17, 15) is 5.11 Å². The van der Waals surface area contributed by atoms with Crippen molar-refractivity contribution in [3.8, 4) is 0 Å². The third-order valence-electron chi connectivity index (χ3n) is 3.09. The molecule has 2 unspecified atom stereocenters. The van der Waals surface area contributed by atoms with Crippen LogP contribution in [0.3, 0.4) is 0 Å². The van der Waals surface area contributed by atoms with E-state index in [-0.39, 0.29) is 12.1 Å². The molecule has 1 aliphatic rings. The maximum Gasteiger partial charge on any atom is 0.150 e. The average Bonchev–Trinajstić information content (AvgIpc) is 2.90.